The molecule has 1 aromatic carbocycles. The van der Waals surface area contributed by atoms with Crippen molar-refractivity contribution in [2.45, 2.75) is 26.2 Å². The minimum atomic E-state index is 0.739. The van der Waals surface area contributed by atoms with Crippen molar-refractivity contribution in [3.05, 3.63) is 41.2 Å². The van der Waals surface area contributed by atoms with Gasteiger partial charge in [-0.2, -0.15) is 0 Å². The van der Waals surface area contributed by atoms with Crippen molar-refractivity contribution in [1.29, 1.82) is 0 Å². The van der Waals surface area contributed by atoms with E-state index in [0.717, 1.165) is 52.0 Å². The molecular weight excluding hydrogens is 308 g/mol. The smallest absolute Gasteiger partial charge is 0.156 e. The molecule has 0 amide bonds. The van der Waals surface area contributed by atoms with Gasteiger partial charge < -0.3 is 9.88 Å². The lowest BCUT2D eigenvalue weighted by molar-refractivity contribution is 0.574. The van der Waals surface area contributed by atoms with Crippen molar-refractivity contribution >= 4 is 28.5 Å². The number of anilines is 1. The Balaban J connectivity index is 1.86. The molecule has 1 aliphatic heterocycles. The van der Waals surface area contributed by atoms with E-state index in [1.165, 1.54) is 19.3 Å². The molecule has 0 spiro atoms. The second kappa shape index (κ2) is 5.85. The van der Waals surface area contributed by atoms with Gasteiger partial charge >= 0.3 is 0 Å². The van der Waals surface area contributed by atoms with E-state index < -0.39 is 0 Å². The third-order valence-electron chi connectivity index (χ3n) is 4.39. The maximum absolute atomic E-state index is 6.34. The number of aromatic nitrogens is 3. The van der Waals surface area contributed by atoms with Crippen LogP contribution in [0, 0.1) is 6.92 Å². The number of hydrogen-bond donors (Lipinski definition) is 1. The molecule has 2 aromatic heterocycles. The number of aromatic amines is 1. The zero-order valence-electron chi connectivity index (χ0n) is 13.1. The molecule has 1 N–H and O–H groups in total. The van der Waals surface area contributed by atoms with Crippen molar-refractivity contribution < 1.29 is 0 Å². The highest BCUT2D eigenvalue weighted by atomic mass is 35.5. The molecule has 23 heavy (non-hydrogen) atoms. The predicted molar refractivity (Wildman–Crippen MR) is 95.1 cm³/mol. The van der Waals surface area contributed by atoms with Gasteiger partial charge in [-0.25, -0.2) is 9.97 Å². The first-order valence-corrected chi connectivity index (χ1v) is 8.47. The fourth-order valence-electron chi connectivity index (χ4n) is 3.27. The number of aryl methyl sites for hydroxylation is 1. The van der Waals surface area contributed by atoms with E-state index in [4.69, 9.17) is 16.6 Å². The first-order valence-electron chi connectivity index (χ1n) is 8.09. The summed E-state index contributed by atoms with van der Waals surface area (Å²) in [6.45, 7) is 4.08. The normalized spacial score (nSPS) is 15.3. The Morgan fingerprint density at radius 2 is 1.87 bits per heavy atom. The zero-order chi connectivity index (χ0) is 15.8. The Bertz CT molecular complexity index is 849. The van der Waals surface area contributed by atoms with Crippen LogP contribution in [0.25, 0.3) is 22.3 Å². The second-order valence-electron chi connectivity index (χ2n) is 6.07. The summed E-state index contributed by atoms with van der Waals surface area (Å²) in [5.41, 5.74) is 3.94. The molecular formula is C18H19ClN4. The van der Waals surface area contributed by atoms with Crippen LogP contribution in [0.2, 0.25) is 5.02 Å². The van der Waals surface area contributed by atoms with E-state index in [1.807, 2.05) is 31.2 Å². The molecule has 0 aliphatic carbocycles. The summed E-state index contributed by atoms with van der Waals surface area (Å²) in [6, 6.07) is 9.93. The van der Waals surface area contributed by atoms with Gasteiger partial charge in [-0.3, -0.25) is 0 Å². The topological polar surface area (TPSA) is 44.8 Å². The summed E-state index contributed by atoms with van der Waals surface area (Å²) >= 11 is 6.34. The predicted octanol–water partition coefficient (Wildman–Crippen LogP) is 4.58. The largest absolute Gasteiger partial charge is 0.355 e. The van der Waals surface area contributed by atoms with Crippen molar-refractivity contribution in [3.8, 4) is 11.3 Å². The molecule has 0 bridgehead atoms. The van der Waals surface area contributed by atoms with E-state index in [-0.39, 0.29) is 0 Å². The van der Waals surface area contributed by atoms with Crippen LogP contribution < -0.4 is 4.90 Å². The molecule has 0 atom stereocenters. The van der Waals surface area contributed by atoms with Crippen LogP contribution in [0.5, 0.6) is 0 Å². The molecule has 5 heteroatoms. The third kappa shape index (κ3) is 2.68. The van der Waals surface area contributed by atoms with Crippen LogP contribution in [0.3, 0.4) is 0 Å². The van der Waals surface area contributed by atoms with E-state index in [2.05, 4.69) is 20.9 Å². The summed E-state index contributed by atoms with van der Waals surface area (Å²) in [7, 11) is 0. The number of piperidine rings is 1. The highest BCUT2D eigenvalue weighted by molar-refractivity contribution is 6.33. The Morgan fingerprint density at radius 1 is 1.09 bits per heavy atom. The van der Waals surface area contributed by atoms with Crippen molar-refractivity contribution in [2.75, 3.05) is 18.0 Å². The monoisotopic (exact) mass is 326 g/mol. The van der Waals surface area contributed by atoms with Crippen LogP contribution >= 0.6 is 11.6 Å². The molecule has 4 nitrogen and oxygen atoms in total. The standard InChI is InChI=1S/C18H19ClN4/c1-12-20-16-11-15(13-7-3-4-8-14(13)19)22-17(16)18(21-12)23-9-5-2-6-10-23/h3-4,7-8,11,22H,2,5-6,9-10H2,1H3. The average molecular weight is 327 g/mol. The molecule has 1 fully saturated rings. The summed E-state index contributed by atoms with van der Waals surface area (Å²) in [4.78, 5) is 15.2. The first-order chi connectivity index (χ1) is 11.2. The van der Waals surface area contributed by atoms with Crippen molar-refractivity contribution in [3.63, 3.8) is 0 Å². The molecule has 4 rings (SSSR count). The summed E-state index contributed by atoms with van der Waals surface area (Å²) < 4.78 is 0. The molecule has 0 saturated carbocycles. The van der Waals surface area contributed by atoms with E-state index in [9.17, 15) is 0 Å². The summed E-state index contributed by atoms with van der Waals surface area (Å²) in [6.07, 6.45) is 3.75. The number of H-pyrrole nitrogens is 1. The Kier molecular flexibility index (Phi) is 3.69. The number of fused-ring (bicyclic) bond motifs is 1. The first kappa shape index (κ1) is 14.5. The van der Waals surface area contributed by atoms with Gasteiger partial charge in [-0.05, 0) is 38.3 Å². The average Bonchev–Trinajstić information content (AvgIpc) is 2.99. The molecule has 0 radical (unpaired) electrons. The van der Waals surface area contributed by atoms with Crippen molar-refractivity contribution in [1.82, 2.24) is 15.0 Å². The van der Waals surface area contributed by atoms with E-state index >= 15 is 0 Å². The number of hydrogen-bond acceptors (Lipinski definition) is 3. The van der Waals surface area contributed by atoms with Crippen LogP contribution in [0.4, 0.5) is 5.82 Å². The van der Waals surface area contributed by atoms with Gasteiger partial charge in [-0.1, -0.05) is 29.8 Å². The van der Waals surface area contributed by atoms with Gasteiger partial charge in [0.2, 0.25) is 0 Å². The van der Waals surface area contributed by atoms with Crippen LogP contribution in [0.15, 0.2) is 30.3 Å². The SMILES string of the molecule is Cc1nc(N2CCCCC2)c2[nH]c(-c3ccccc3Cl)cc2n1. The zero-order valence-corrected chi connectivity index (χ0v) is 13.9. The fraction of sp³-hybridized carbons (Fsp3) is 0.333. The van der Waals surface area contributed by atoms with Crippen LogP contribution in [-0.4, -0.2) is 28.0 Å². The molecule has 1 saturated heterocycles. The molecule has 3 heterocycles. The number of halogens is 1. The van der Waals surface area contributed by atoms with Crippen LogP contribution in [0.1, 0.15) is 25.1 Å². The molecule has 3 aromatic rings. The Hall–Kier alpha value is -2.07. The van der Waals surface area contributed by atoms with Gasteiger partial charge in [0.15, 0.2) is 5.82 Å². The van der Waals surface area contributed by atoms with Gasteiger partial charge in [0.25, 0.3) is 0 Å². The lowest BCUT2D eigenvalue weighted by Crippen LogP contribution is -2.30. The van der Waals surface area contributed by atoms with Crippen molar-refractivity contribution in [2.24, 2.45) is 0 Å². The molecule has 118 valence electrons. The second-order valence-corrected chi connectivity index (χ2v) is 6.47. The third-order valence-corrected chi connectivity index (χ3v) is 4.72. The summed E-state index contributed by atoms with van der Waals surface area (Å²) in [5, 5.41) is 0.739. The van der Waals surface area contributed by atoms with Crippen LogP contribution in [-0.2, 0) is 0 Å². The minimum Gasteiger partial charge on any atom is -0.355 e. The highest BCUT2D eigenvalue weighted by Crippen LogP contribution is 2.32. The maximum Gasteiger partial charge on any atom is 0.156 e. The van der Waals surface area contributed by atoms with Gasteiger partial charge in [-0.15, -0.1) is 0 Å². The van der Waals surface area contributed by atoms with Gasteiger partial charge in [0.1, 0.15) is 11.3 Å². The Morgan fingerprint density at radius 3 is 2.65 bits per heavy atom. The fourth-order valence-corrected chi connectivity index (χ4v) is 3.51. The van der Waals surface area contributed by atoms with E-state index in [1.54, 1.807) is 0 Å². The quantitative estimate of drug-likeness (QED) is 0.750. The minimum absolute atomic E-state index is 0.739. The number of benzene rings is 1. The van der Waals surface area contributed by atoms with Gasteiger partial charge in [0.05, 0.1) is 5.52 Å². The molecule has 0 unspecified atom stereocenters. The Labute approximate surface area is 140 Å². The highest BCUT2D eigenvalue weighted by Gasteiger charge is 2.18. The number of nitrogens with zero attached hydrogens (tertiary/aromatic N) is 3. The summed E-state index contributed by atoms with van der Waals surface area (Å²) in [5.74, 6) is 1.83. The molecule has 1 aliphatic rings. The van der Waals surface area contributed by atoms with E-state index in [0.29, 0.717) is 0 Å². The lowest BCUT2D eigenvalue weighted by atomic mass is 10.1. The number of nitrogens with one attached hydrogen (secondary N) is 1. The van der Waals surface area contributed by atoms with Gasteiger partial charge in [0, 0.05) is 29.4 Å². The maximum atomic E-state index is 6.34. The lowest BCUT2D eigenvalue weighted by Gasteiger charge is -2.28. The number of rotatable bonds is 2.